The fourth-order valence-electron chi connectivity index (χ4n) is 2.57. The first-order valence-electron chi connectivity index (χ1n) is 8.18. The minimum Gasteiger partial charge on any atom is -0.497 e. The molecule has 0 unspecified atom stereocenters. The summed E-state index contributed by atoms with van der Waals surface area (Å²) in [4.78, 5) is 13.6. The summed E-state index contributed by atoms with van der Waals surface area (Å²) in [7, 11) is 1.64. The van der Waals surface area contributed by atoms with Crippen LogP contribution in [0.25, 0.3) is 11.0 Å². The summed E-state index contributed by atoms with van der Waals surface area (Å²) in [6.07, 6.45) is 1.73. The van der Waals surface area contributed by atoms with Gasteiger partial charge in [-0.25, -0.2) is 4.98 Å². The van der Waals surface area contributed by atoms with Crippen molar-refractivity contribution in [2.45, 2.75) is 0 Å². The highest BCUT2D eigenvalue weighted by Crippen LogP contribution is 2.25. The SMILES string of the molecule is COc1ccc(Nc2nc(Nc3ccccc3)c3ncccc3n2)cc1. The third-order valence-corrected chi connectivity index (χ3v) is 3.84. The van der Waals surface area contributed by atoms with E-state index in [0.717, 1.165) is 28.2 Å². The number of nitrogens with one attached hydrogen (secondary N) is 2. The number of methoxy groups -OCH3 is 1. The minimum absolute atomic E-state index is 0.495. The van der Waals surface area contributed by atoms with Crippen molar-refractivity contribution in [1.29, 1.82) is 0 Å². The topological polar surface area (TPSA) is 72.0 Å². The molecule has 2 heterocycles. The number of hydrogen-bond acceptors (Lipinski definition) is 6. The molecule has 0 aliphatic rings. The second-order valence-electron chi connectivity index (χ2n) is 5.61. The van der Waals surface area contributed by atoms with Gasteiger partial charge in [-0.3, -0.25) is 4.98 Å². The Morgan fingerprint density at radius 3 is 2.31 bits per heavy atom. The second kappa shape index (κ2) is 7.06. The zero-order valence-corrected chi connectivity index (χ0v) is 14.2. The number of fused-ring (bicyclic) bond motifs is 1. The molecule has 4 rings (SSSR count). The van der Waals surface area contributed by atoms with Gasteiger partial charge in [-0.1, -0.05) is 18.2 Å². The Kier molecular flexibility index (Phi) is 4.30. The van der Waals surface area contributed by atoms with Crippen LogP contribution in [0.2, 0.25) is 0 Å². The van der Waals surface area contributed by atoms with Crippen LogP contribution < -0.4 is 15.4 Å². The van der Waals surface area contributed by atoms with Gasteiger partial charge < -0.3 is 15.4 Å². The number of rotatable bonds is 5. The van der Waals surface area contributed by atoms with Crippen molar-refractivity contribution in [3.8, 4) is 5.75 Å². The van der Waals surface area contributed by atoms with Crippen LogP contribution in [0.4, 0.5) is 23.1 Å². The number of benzene rings is 2. The molecule has 0 saturated heterocycles. The van der Waals surface area contributed by atoms with Crippen molar-refractivity contribution in [1.82, 2.24) is 15.0 Å². The lowest BCUT2D eigenvalue weighted by molar-refractivity contribution is 0.415. The lowest BCUT2D eigenvalue weighted by Crippen LogP contribution is -2.03. The summed E-state index contributed by atoms with van der Waals surface area (Å²) in [6, 6.07) is 21.2. The maximum atomic E-state index is 5.19. The number of ether oxygens (including phenoxy) is 1. The normalized spacial score (nSPS) is 10.5. The lowest BCUT2D eigenvalue weighted by atomic mass is 10.3. The summed E-state index contributed by atoms with van der Waals surface area (Å²) in [5, 5.41) is 6.55. The van der Waals surface area contributed by atoms with Crippen molar-refractivity contribution in [2.24, 2.45) is 0 Å². The van der Waals surface area contributed by atoms with E-state index in [1.165, 1.54) is 0 Å². The van der Waals surface area contributed by atoms with Crippen LogP contribution in [0, 0.1) is 0 Å². The summed E-state index contributed by atoms with van der Waals surface area (Å²) in [6.45, 7) is 0. The van der Waals surface area contributed by atoms with Crippen LogP contribution in [-0.4, -0.2) is 22.1 Å². The molecule has 0 atom stereocenters. The third-order valence-electron chi connectivity index (χ3n) is 3.84. The van der Waals surface area contributed by atoms with Crippen molar-refractivity contribution < 1.29 is 4.74 Å². The van der Waals surface area contributed by atoms with E-state index < -0.39 is 0 Å². The van der Waals surface area contributed by atoms with Gasteiger partial charge in [-0.15, -0.1) is 0 Å². The Labute approximate surface area is 150 Å². The van der Waals surface area contributed by atoms with E-state index >= 15 is 0 Å². The van der Waals surface area contributed by atoms with E-state index in [9.17, 15) is 0 Å². The Balaban J connectivity index is 1.70. The first-order chi connectivity index (χ1) is 12.8. The maximum absolute atomic E-state index is 5.19. The maximum Gasteiger partial charge on any atom is 0.229 e. The molecule has 0 saturated carbocycles. The molecular weight excluding hydrogens is 326 g/mol. The van der Waals surface area contributed by atoms with Gasteiger partial charge >= 0.3 is 0 Å². The average Bonchev–Trinajstić information content (AvgIpc) is 2.69. The standard InChI is InChI=1S/C20H17N5O/c1-26-16-11-9-15(10-12-16)23-20-24-17-8-5-13-21-18(17)19(25-20)22-14-6-3-2-4-7-14/h2-13H,1H3,(H2,22,23,24,25). The van der Waals surface area contributed by atoms with Gasteiger partial charge in [-0.05, 0) is 48.5 Å². The highest BCUT2D eigenvalue weighted by atomic mass is 16.5. The molecule has 6 heteroatoms. The van der Waals surface area contributed by atoms with Gasteiger partial charge in [0, 0.05) is 17.6 Å². The highest BCUT2D eigenvalue weighted by molar-refractivity contribution is 5.88. The summed E-state index contributed by atoms with van der Waals surface area (Å²) in [5.41, 5.74) is 3.29. The fraction of sp³-hybridized carbons (Fsp3) is 0.0500. The summed E-state index contributed by atoms with van der Waals surface area (Å²) < 4.78 is 5.19. The molecule has 2 aromatic carbocycles. The molecule has 0 fully saturated rings. The van der Waals surface area contributed by atoms with E-state index in [4.69, 9.17) is 4.74 Å². The van der Waals surface area contributed by atoms with Crippen LogP contribution in [0.15, 0.2) is 72.9 Å². The Morgan fingerprint density at radius 2 is 1.54 bits per heavy atom. The summed E-state index contributed by atoms with van der Waals surface area (Å²) in [5.74, 6) is 1.94. The molecule has 0 radical (unpaired) electrons. The molecule has 0 aliphatic carbocycles. The van der Waals surface area contributed by atoms with E-state index in [0.29, 0.717) is 11.8 Å². The highest BCUT2D eigenvalue weighted by Gasteiger charge is 2.09. The zero-order valence-electron chi connectivity index (χ0n) is 14.2. The zero-order chi connectivity index (χ0) is 17.8. The number of para-hydroxylation sites is 1. The Bertz CT molecular complexity index is 1020. The number of hydrogen-bond donors (Lipinski definition) is 2. The van der Waals surface area contributed by atoms with E-state index in [2.05, 4.69) is 25.6 Å². The Morgan fingerprint density at radius 1 is 0.769 bits per heavy atom. The molecule has 2 N–H and O–H groups in total. The van der Waals surface area contributed by atoms with Crippen LogP contribution >= 0.6 is 0 Å². The molecule has 0 aliphatic heterocycles. The smallest absolute Gasteiger partial charge is 0.229 e. The van der Waals surface area contributed by atoms with E-state index in [-0.39, 0.29) is 0 Å². The first-order valence-corrected chi connectivity index (χ1v) is 8.18. The number of nitrogens with zero attached hydrogens (tertiary/aromatic N) is 3. The summed E-state index contributed by atoms with van der Waals surface area (Å²) >= 11 is 0. The number of aromatic nitrogens is 3. The van der Waals surface area contributed by atoms with Crippen LogP contribution in [0.3, 0.4) is 0 Å². The van der Waals surface area contributed by atoms with E-state index in [1.807, 2.05) is 66.7 Å². The molecular formula is C20H17N5O. The molecule has 4 aromatic rings. The predicted octanol–water partition coefficient (Wildman–Crippen LogP) is 4.52. The number of anilines is 4. The molecule has 128 valence electrons. The van der Waals surface area contributed by atoms with Gasteiger partial charge in [0.2, 0.25) is 5.95 Å². The molecule has 26 heavy (non-hydrogen) atoms. The average molecular weight is 343 g/mol. The predicted molar refractivity (Wildman–Crippen MR) is 103 cm³/mol. The molecule has 0 bridgehead atoms. The van der Waals surface area contributed by atoms with Gasteiger partial charge in [0.05, 0.1) is 12.6 Å². The quantitative estimate of drug-likeness (QED) is 0.555. The fourth-order valence-corrected chi connectivity index (χ4v) is 2.57. The second-order valence-corrected chi connectivity index (χ2v) is 5.61. The molecule has 6 nitrogen and oxygen atoms in total. The monoisotopic (exact) mass is 343 g/mol. The van der Waals surface area contributed by atoms with Crippen molar-refractivity contribution in [2.75, 3.05) is 17.7 Å². The van der Waals surface area contributed by atoms with Gasteiger partial charge in [0.25, 0.3) is 0 Å². The minimum atomic E-state index is 0.495. The third kappa shape index (κ3) is 3.39. The molecule has 0 spiro atoms. The van der Waals surface area contributed by atoms with Crippen molar-refractivity contribution in [3.05, 3.63) is 72.9 Å². The lowest BCUT2D eigenvalue weighted by Gasteiger charge is -2.11. The van der Waals surface area contributed by atoms with Crippen LogP contribution in [0.5, 0.6) is 5.75 Å². The number of pyridine rings is 1. The van der Waals surface area contributed by atoms with Gasteiger partial charge in [0.1, 0.15) is 11.3 Å². The van der Waals surface area contributed by atoms with E-state index in [1.54, 1.807) is 13.3 Å². The first kappa shape index (κ1) is 15.8. The van der Waals surface area contributed by atoms with Crippen molar-refractivity contribution in [3.63, 3.8) is 0 Å². The molecule has 0 amide bonds. The Hall–Kier alpha value is -3.67. The van der Waals surface area contributed by atoms with Crippen LogP contribution in [0.1, 0.15) is 0 Å². The van der Waals surface area contributed by atoms with Crippen molar-refractivity contribution >= 4 is 34.2 Å². The molecule has 2 aromatic heterocycles. The van der Waals surface area contributed by atoms with Gasteiger partial charge in [0.15, 0.2) is 5.82 Å². The van der Waals surface area contributed by atoms with Crippen LogP contribution in [-0.2, 0) is 0 Å². The van der Waals surface area contributed by atoms with Gasteiger partial charge in [-0.2, -0.15) is 4.98 Å². The largest absolute Gasteiger partial charge is 0.497 e.